The zero-order chi connectivity index (χ0) is 19.2. The molecule has 1 N–H and O–H groups in total. The van der Waals surface area contributed by atoms with Gasteiger partial charge in [0.2, 0.25) is 0 Å². The molecule has 2 aromatic carbocycles. The zero-order valence-corrected chi connectivity index (χ0v) is 16.7. The van der Waals surface area contributed by atoms with Crippen molar-refractivity contribution in [3.05, 3.63) is 83.1 Å². The molecule has 0 fully saturated rings. The Hall–Kier alpha value is -2.50. The Morgan fingerprint density at radius 1 is 1.15 bits per heavy atom. The third-order valence-electron chi connectivity index (χ3n) is 3.93. The predicted octanol–water partition coefficient (Wildman–Crippen LogP) is 5.35. The largest absolute Gasteiger partial charge is 0.376 e. The Bertz CT molecular complexity index is 914. The van der Waals surface area contributed by atoms with E-state index in [1.807, 2.05) is 61.6 Å². The van der Waals surface area contributed by atoms with E-state index in [-0.39, 0.29) is 5.91 Å². The van der Waals surface area contributed by atoms with Gasteiger partial charge >= 0.3 is 0 Å². The molecule has 1 aromatic heterocycles. The summed E-state index contributed by atoms with van der Waals surface area (Å²) in [6.07, 6.45) is 3.63. The summed E-state index contributed by atoms with van der Waals surface area (Å²) in [6.45, 7) is 0. The molecule has 3 rings (SSSR count). The second-order valence-corrected chi connectivity index (χ2v) is 7.67. The Morgan fingerprint density at radius 2 is 1.93 bits per heavy atom. The Balaban J connectivity index is 1.67. The van der Waals surface area contributed by atoms with E-state index in [9.17, 15) is 4.79 Å². The first-order valence-electron chi connectivity index (χ1n) is 8.43. The highest BCUT2D eigenvalue weighted by Gasteiger charge is 2.11. The third kappa shape index (κ3) is 5.25. The smallest absolute Gasteiger partial charge is 0.255 e. The number of benzene rings is 2. The van der Waals surface area contributed by atoms with Crippen LogP contribution in [0.15, 0.2) is 71.9 Å². The first kappa shape index (κ1) is 19.3. The second-order valence-electron chi connectivity index (χ2n) is 6.18. The number of amides is 1. The van der Waals surface area contributed by atoms with Crippen molar-refractivity contribution < 1.29 is 4.79 Å². The third-order valence-corrected chi connectivity index (χ3v) is 5.25. The van der Waals surface area contributed by atoms with E-state index in [0.29, 0.717) is 16.3 Å². The molecule has 0 saturated heterocycles. The number of rotatable bonds is 6. The number of anilines is 2. The molecular formula is C21H20ClN3OS. The maximum atomic E-state index is 12.6. The first-order valence-corrected chi connectivity index (χ1v) is 9.79. The number of hydrogen-bond acceptors (Lipinski definition) is 4. The van der Waals surface area contributed by atoms with E-state index >= 15 is 0 Å². The van der Waals surface area contributed by atoms with Crippen LogP contribution >= 0.6 is 23.4 Å². The van der Waals surface area contributed by atoms with Gasteiger partial charge in [-0.3, -0.25) is 9.78 Å². The lowest BCUT2D eigenvalue weighted by Crippen LogP contribution is -2.16. The minimum Gasteiger partial charge on any atom is -0.376 e. The first-order chi connectivity index (χ1) is 13.0. The molecule has 0 unspecified atom stereocenters. The Kier molecular flexibility index (Phi) is 6.37. The fraction of sp³-hybridized carbons (Fsp3) is 0.143. The van der Waals surface area contributed by atoms with Crippen molar-refractivity contribution in [3.63, 3.8) is 0 Å². The van der Waals surface area contributed by atoms with Gasteiger partial charge in [0.25, 0.3) is 5.91 Å². The van der Waals surface area contributed by atoms with Gasteiger partial charge in [0.1, 0.15) is 0 Å². The highest BCUT2D eigenvalue weighted by Crippen LogP contribution is 2.28. The van der Waals surface area contributed by atoms with Crippen LogP contribution in [-0.4, -0.2) is 25.0 Å². The number of carbonyl (C=O) groups is 1. The Morgan fingerprint density at radius 3 is 2.59 bits per heavy atom. The number of nitrogens with zero attached hydrogens (tertiary/aromatic N) is 2. The summed E-state index contributed by atoms with van der Waals surface area (Å²) in [7, 11) is 3.85. The van der Waals surface area contributed by atoms with E-state index in [1.54, 1.807) is 30.1 Å². The van der Waals surface area contributed by atoms with Crippen molar-refractivity contribution in [1.29, 1.82) is 0 Å². The predicted molar refractivity (Wildman–Crippen MR) is 114 cm³/mol. The average Bonchev–Trinajstić information content (AvgIpc) is 2.67. The van der Waals surface area contributed by atoms with Crippen LogP contribution in [0.2, 0.25) is 5.02 Å². The zero-order valence-electron chi connectivity index (χ0n) is 15.1. The number of nitrogens with one attached hydrogen (secondary N) is 1. The number of pyridine rings is 1. The monoisotopic (exact) mass is 397 g/mol. The van der Waals surface area contributed by atoms with Gasteiger partial charge in [-0.2, -0.15) is 0 Å². The molecule has 0 spiro atoms. The molecular weight excluding hydrogens is 378 g/mol. The van der Waals surface area contributed by atoms with Crippen LogP contribution in [0, 0.1) is 0 Å². The molecule has 0 aliphatic carbocycles. The SMILES string of the molecule is CN(C)c1ccc(Cl)cc1NC(=O)c1ccc(SCc2cccnc2)cc1. The molecule has 3 aromatic rings. The molecule has 0 radical (unpaired) electrons. The minimum absolute atomic E-state index is 0.163. The van der Waals surface area contributed by atoms with Gasteiger partial charge in [-0.05, 0) is 54.1 Å². The van der Waals surface area contributed by atoms with E-state index < -0.39 is 0 Å². The van der Waals surface area contributed by atoms with Crippen molar-refractivity contribution in [3.8, 4) is 0 Å². The van der Waals surface area contributed by atoms with Gasteiger partial charge < -0.3 is 10.2 Å². The van der Waals surface area contributed by atoms with Crippen LogP contribution in [0.25, 0.3) is 0 Å². The van der Waals surface area contributed by atoms with Crippen LogP contribution in [0.3, 0.4) is 0 Å². The van der Waals surface area contributed by atoms with E-state index in [0.717, 1.165) is 16.3 Å². The molecule has 138 valence electrons. The normalized spacial score (nSPS) is 10.5. The molecule has 0 atom stereocenters. The van der Waals surface area contributed by atoms with Gasteiger partial charge in [-0.1, -0.05) is 17.7 Å². The molecule has 1 heterocycles. The van der Waals surface area contributed by atoms with Crippen LogP contribution in [-0.2, 0) is 5.75 Å². The maximum Gasteiger partial charge on any atom is 0.255 e. The summed E-state index contributed by atoms with van der Waals surface area (Å²) in [4.78, 5) is 19.8. The number of thioether (sulfide) groups is 1. The van der Waals surface area contributed by atoms with Gasteiger partial charge in [-0.15, -0.1) is 11.8 Å². The molecule has 0 saturated carbocycles. The lowest BCUT2D eigenvalue weighted by atomic mass is 10.2. The van der Waals surface area contributed by atoms with Crippen molar-refractivity contribution in [1.82, 2.24) is 4.98 Å². The summed E-state index contributed by atoms with van der Waals surface area (Å²) >= 11 is 7.79. The van der Waals surface area contributed by atoms with E-state index in [2.05, 4.69) is 16.4 Å². The molecule has 0 bridgehead atoms. The van der Waals surface area contributed by atoms with E-state index in [1.165, 1.54) is 5.56 Å². The molecule has 6 heteroatoms. The highest BCUT2D eigenvalue weighted by molar-refractivity contribution is 7.98. The number of hydrogen-bond donors (Lipinski definition) is 1. The van der Waals surface area contributed by atoms with Crippen molar-refractivity contribution in [2.45, 2.75) is 10.6 Å². The van der Waals surface area contributed by atoms with Crippen molar-refractivity contribution in [2.75, 3.05) is 24.3 Å². The van der Waals surface area contributed by atoms with Gasteiger partial charge in [0.15, 0.2) is 0 Å². The van der Waals surface area contributed by atoms with Crippen molar-refractivity contribution in [2.24, 2.45) is 0 Å². The molecule has 1 amide bonds. The summed E-state index contributed by atoms with van der Waals surface area (Å²) in [5, 5.41) is 3.53. The lowest BCUT2D eigenvalue weighted by Gasteiger charge is -2.18. The van der Waals surface area contributed by atoms with Crippen LogP contribution in [0.4, 0.5) is 11.4 Å². The van der Waals surface area contributed by atoms with Gasteiger partial charge in [0, 0.05) is 47.7 Å². The number of carbonyl (C=O) groups excluding carboxylic acids is 1. The van der Waals surface area contributed by atoms with Crippen LogP contribution in [0.5, 0.6) is 0 Å². The maximum absolute atomic E-state index is 12.6. The Labute approximate surface area is 168 Å². The van der Waals surface area contributed by atoms with Gasteiger partial charge in [-0.25, -0.2) is 0 Å². The number of aromatic nitrogens is 1. The second kappa shape index (κ2) is 8.93. The van der Waals surface area contributed by atoms with Crippen molar-refractivity contribution >= 4 is 40.6 Å². The summed E-state index contributed by atoms with van der Waals surface area (Å²) in [6, 6.07) is 17.0. The molecule has 4 nitrogen and oxygen atoms in total. The fourth-order valence-corrected chi connectivity index (χ4v) is 3.55. The lowest BCUT2D eigenvalue weighted by molar-refractivity contribution is 0.102. The number of halogens is 1. The molecule has 27 heavy (non-hydrogen) atoms. The van der Waals surface area contributed by atoms with E-state index in [4.69, 9.17) is 11.6 Å². The summed E-state index contributed by atoms with van der Waals surface area (Å²) in [5.41, 5.74) is 3.36. The summed E-state index contributed by atoms with van der Waals surface area (Å²) in [5.74, 6) is 0.679. The molecule has 0 aliphatic rings. The minimum atomic E-state index is -0.163. The molecule has 0 aliphatic heterocycles. The average molecular weight is 398 g/mol. The topological polar surface area (TPSA) is 45.2 Å². The van der Waals surface area contributed by atoms with Gasteiger partial charge in [0.05, 0.1) is 11.4 Å². The quantitative estimate of drug-likeness (QED) is 0.570. The fourth-order valence-electron chi connectivity index (χ4n) is 2.55. The summed E-state index contributed by atoms with van der Waals surface area (Å²) < 4.78 is 0. The van der Waals surface area contributed by atoms with Crippen LogP contribution < -0.4 is 10.2 Å². The highest BCUT2D eigenvalue weighted by atomic mass is 35.5. The standard InChI is InChI=1S/C21H20ClN3OS/c1-25(2)20-10-7-17(22)12-19(20)24-21(26)16-5-8-18(9-6-16)27-14-15-4-3-11-23-13-15/h3-13H,14H2,1-2H3,(H,24,26). The van der Waals surface area contributed by atoms with Crippen LogP contribution in [0.1, 0.15) is 15.9 Å².